The van der Waals surface area contributed by atoms with E-state index >= 15 is 0 Å². The first kappa shape index (κ1) is 21.6. The summed E-state index contributed by atoms with van der Waals surface area (Å²) in [4.78, 5) is 32.5. The van der Waals surface area contributed by atoms with Crippen molar-refractivity contribution >= 4 is 29.0 Å². The minimum atomic E-state index is -0.217. The van der Waals surface area contributed by atoms with Crippen molar-refractivity contribution in [2.75, 3.05) is 31.5 Å². The molecular formula is C27H27N5O2+2. The van der Waals surface area contributed by atoms with Gasteiger partial charge in [-0.1, -0.05) is 42.5 Å². The number of Topliss-reactive ketones (excluding diaryl/α,β-unsaturated/α-hetero) is 1. The van der Waals surface area contributed by atoms with E-state index in [1.54, 1.807) is 24.3 Å². The van der Waals surface area contributed by atoms with Gasteiger partial charge in [-0.15, -0.1) is 0 Å². The van der Waals surface area contributed by atoms with E-state index in [0.717, 1.165) is 60.2 Å². The van der Waals surface area contributed by atoms with Gasteiger partial charge < -0.3 is 5.32 Å². The van der Waals surface area contributed by atoms with E-state index in [-0.39, 0.29) is 11.7 Å². The molecule has 2 aliphatic rings. The zero-order valence-corrected chi connectivity index (χ0v) is 18.8. The summed E-state index contributed by atoms with van der Waals surface area (Å²) in [5.41, 5.74) is 4.72. The van der Waals surface area contributed by atoms with E-state index < -0.39 is 0 Å². The molecule has 0 aliphatic carbocycles. The van der Waals surface area contributed by atoms with Crippen LogP contribution in [-0.4, -0.2) is 49.5 Å². The number of amides is 1. The van der Waals surface area contributed by atoms with Crippen molar-refractivity contribution in [1.82, 2.24) is 10.6 Å². The van der Waals surface area contributed by atoms with Gasteiger partial charge in [-0.05, 0) is 35.9 Å². The second-order valence-electron chi connectivity index (χ2n) is 8.29. The highest BCUT2D eigenvalue weighted by Gasteiger charge is 2.21. The minimum Gasteiger partial charge on any atom is -0.321 e. The van der Waals surface area contributed by atoms with E-state index in [9.17, 15) is 9.59 Å². The molecule has 3 aromatic rings. The number of para-hydroxylation sites is 1. The average molecular weight is 454 g/mol. The molecule has 5 rings (SSSR count). The second-order valence-corrected chi connectivity index (χ2v) is 8.29. The van der Waals surface area contributed by atoms with Crippen molar-refractivity contribution in [1.29, 1.82) is 0 Å². The van der Waals surface area contributed by atoms with Gasteiger partial charge in [-0.25, -0.2) is 0 Å². The molecule has 170 valence electrons. The molecule has 34 heavy (non-hydrogen) atoms. The first-order valence-corrected chi connectivity index (χ1v) is 11.5. The lowest BCUT2D eigenvalue weighted by atomic mass is 9.97. The number of nitrogens with one attached hydrogen (secondary N) is 5. The summed E-state index contributed by atoms with van der Waals surface area (Å²) < 4.78 is 0. The Balaban J connectivity index is 1.28. The number of carbonyl (C=O) groups is 2. The maximum atomic E-state index is 13.0. The van der Waals surface area contributed by atoms with Gasteiger partial charge in [0.15, 0.2) is 5.78 Å². The van der Waals surface area contributed by atoms with Gasteiger partial charge in [-0.3, -0.25) is 30.2 Å². The Morgan fingerprint density at radius 1 is 0.735 bits per heavy atom. The third kappa shape index (κ3) is 4.59. The number of anilines is 1. The molecule has 0 aromatic heterocycles. The van der Waals surface area contributed by atoms with E-state index in [1.807, 2.05) is 48.5 Å². The number of hydrogen-bond acceptors (Lipinski definition) is 4. The number of carbonyl (C=O) groups excluding carboxylic acids is 2. The second kappa shape index (κ2) is 9.70. The molecule has 0 saturated carbocycles. The van der Waals surface area contributed by atoms with Gasteiger partial charge in [0, 0.05) is 17.5 Å². The van der Waals surface area contributed by atoms with Gasteiger partial charge >= 0.3 is 0 Å². The maximum Gasteiger partial charge on any atom is 0.277 e. The quantitative estimate of drug-likeness (QED) is 0.304. The van der Waals surface area contributed by atoms with Crippen molar-refractivity contribution in [2.24, 2.45) is 0 Å². The molecule has 0 radical (unpaired) electrons. The number of benzene rings is 3. The van der Waals surface area contributed by atoms with Crippen molar-refractivity contribution in [3.8, 4) is 0 Å². The van der Waals surface area contributed by atoms with Crippen molar-refractivity contribution in [3.05, 3.63) is 101 Å². The van der Waals surface area contributed by atoms with Gasteiger partial charge in [0.1, 0.15) is 26.2 Å². The fraction of sp³-hybridized carbons (Fsp3) is 0.185. The van der Waals surface area contributed by atoms with Crippen LogP contribution in [0, 0.1) is 0 Å². The van der Waals surface area contributed by atoms with Crippen molar-refractivity contribution in [3.63, 3.8) is 0 Å². The summed E-state index contributed by atoms with van der Waals surface area (Å²) in [5.74, 6) is 1.68. The van der Waals surface area contributed by atoms with Crippen LogP contribution in [0.25, 0.3) is 0 Å². The van der Waals surface area contributed by atoms with Gasteiger partial charge in [0.05, 0.1) is 16.8 Å². The topological polar surface area (TPSA) is 98.2 Å². The molecule has 0 fully saturated rings. The summed E-state index contributed by atoms with van der Waals surface area (Å²) in [6.45, 7) is 3.45. The number of rotatable bonds is 7. The van der Waals surface area contributed by atoms with Crippen LogP contribution in [0.5, 0.6) is 0 Å². The molecule has 1 amide bonds. The lowest BCUT2D eigenvalue weighted by Gasteiger charge is -2.10. The highest BCUT2D eigenvalue weighted by molar-refractivity contribution is 6.09. The number of ketones is 1. The van der Waals surface area contributed by atoms with Crippen LogP contribution in [-0.2, 0) is 6.42 Å². The Morgan fingerprint density at radius 2 is 1.32 bits per heavy atom. The molecule has 0 saturated heterocycles. The predicted molar refractivity (Wildman–Crippen MR) is 131 cm³/mol. The van der Waals surface area contributed by atoms with Crippen LogP contribution >= 0.6 is 0 Å². The summed E-state index contributed by atoms with van der Waals surface area (Å²) in [5, 5.41) is 9.61. The Bertz CT molecular complexity index is 1190. The van der Waals surface area contributed by atoms with Gasteiger partial charge in [0.2, 0.25) is 0 Å². The molecule has 7 heteroatoms. The van der Waals surface area contributed by atoms with Crippen LogP contribution in [0.15, 0.2) is 72.8 Å². The first-order valence-electron chi connectivity index (χ1n) is 11.5. The Labute approximate surface area is 198 Å². The van der Waals surface area contributed by atoms with Crippen LogP contribution in [0.2, 0.25) is 0 Å². The van der Waals surface area contributed by atoms with Crippen molar-refractivity contribution in [2.45, 2.75) is 6.42 Å². The molecule has 7 nitrogen and oxygen atoms in total. The highest BCUT2D eigenvalue weighted by Crippen LogP contribution is 2.17. The molecule has 0 spiro atoms. The lowest BCUT2D eigenvalue weighted by molar-refractivity contribution is -0.444. The van der Waals surface area contributed by atoms with Gasteiger partial charge in [-0.2, -0.15) is 0 Å². The van der Waals surface area contributed by atoms with E-state index in [0.29, 0.717) is 17.5 Å². The molecule has 2 aliphatic heterocycles. The van der Waals surface area contributed by atoms with Crippen LogP contribution < -0.4 is 25.9 Å². The fourth-order valence-corrected chi connectivity index (χ4v) is 4.26. The number of amidine groups is 2. The van der Waals surface area contributed by atoms with Crippen LogP contribution in [0.4, 0.5) is 5.69 Å². The predicted octanol–water partition coefficient (Wildman–Crippen LogP) is -0.775. The zero-order chi connectivity index (χ0) is 23.3. The van der Waals surface area contributed by atoms with Crippen molar-refractivity contribution < 1.29 is 19.6 Å². The largest absolute Gasteiger partial charge is 0.321 e. The van der Waals surface area contributed by atoms with E-state index in [1.165, 1.54) is 0 Å². The monoisotopic (exact) mass is 453 g/mol. The third-order valence-electron chi connectivity index (χ3n) is 6.01. The first-order chi connectivity index (χ1) is 16.7. The highest BCUT2D eigenvalue weighted by atomic mass is 16.1. The number of hydrogen-bond donors (Lipinski definition) is 5. The Morgan fingerprint density at radius 3 is 2.00 bits per heavy atom. The maximum absolute atomic E-state index is 13.0. The van der Waals surface area contributed by atoms with E-state index in [4.69, 9.17) is 0 Å². The standard InChI is InChI=1S/C27H25N5O2/c33-24(17-20-5-1-2-6-21(20)25-28-13-14-29-25)18-9-11-19(12-10-18)27(34)32-23-8-4-3-7-22(23)26-30-15-16-31-26/h1-12H,13-17H2,(H,28,29)(H,30,31)(H,32,34)/p+2. The molecule has 0 unspecified atom stereocenters. The average Bonchev–Trinajstić information content (AvgIpc) is 3.60. The smallest absolute Gasteiger partial charge is 0.277 e. The van der Waals surface area contributed by atoms with Crippen LogP contribution in [0.3, 0.4) is 0 Å². The Hall–Kier alpha value is -4.26. The zero-order valence-electron chi connectivity index (χ0n) is 18.8. The van der Waals surface area contributed by atoms with E-state index in [2.05, 4.69) is 25.9 Å². The lowest BCUT2D eigenvalue weighted by Crippen LogP contribution is -2.70. The summed E-state index contributed by atoms with van der Waals surface area (Å²) in [6.07, 6.45) is 0.292. The molecule has 5 N–H and O–H groups in total. The SMILES string of the molecule is O=C(Cc1ccccc1C1=[NH+]CCN1)c1ccc(C(=O)Nc2ccccc2C2=[NH+]CCN2)cc1. The molecular weight excluding hydrogens is 426 g/mol. The molecule has 0 atom stereocenters. The third-order valence-corrected chi connectivity index (χ3v) is 6.01. The normalized spacial score (nSPS) is 14.6. The molecule has 2 heterocycles. The Kier molecular flexibility index (Phi) is 6.16. The van der Waals surface area contributed by atoms with Gasteiger partial charge in [0.25, 0.3) is 17.6 Å². The van der Waals surface area contributed by atoms with Crippen LogP contribution in [0.1, 0.15) is 37.4 Å². The summed E-state index contributed by atoms with van der Waals surface area (Å²) >= 11 is 0. The molecule has 3 aromatic carbocycles. The molecule has 0 bridgehead atoms. The summed E-state index contributed by atoms with van der Waals surface area (Å²) in [7, 11) is 0. The minimum absolute atomic E-state index is 0.0122. The summed E-state index contributed by atoms with van der Waals surface area (Å²) in [6, 6.07) is 22.4. The fourth-order valence-electron chi connectivity index (χ4n) is 4.26.